The average Bonchev–Trinajstić information content (AvgIpc) is 3.25. The monoisotopic (exact) mass is 508 g/mol. The number of nitrogens with zero attached hydrogens (tertiary/aromatic N) is 2. The standard InChI is InChI=1S/C16H23N3O2.C12H10FNO2/c1-11-5-6-13(8-15(11)17-3)16-7-12(2)19(18-16)9-14(20)10-21-4;13-10-3-1-8(2-4-10)11-5-12(16)14-6-9(11)7-15/h5-8,14,17,20H,9-10H2,1-4H3;1-4,6-7,11H,5H2,(H,14,16). The molecule has 0 fully saturated rings. The van der Waals surface area contributed by atoms with E-state index >= 15 is 0 Å². The number of hydrogen-bond donors (Lipinski definition) is 3. The SMILES string of the molecule is CNc1cc(-c2cc(C)n(CC(O)COC)n2)ccc1C.O=CC1=CNC(=O)CC1c1ccc(F)cc1. The van der Waals surface area contributed by atoms with E-state index in [0.29, 0.717) is 25.0 Å². The second-order valence-electron chi connectivity index (χ2n) is 8.88. The number of methoxy groups -OCH3 is 1. The van der Waals surface area contributed by atoms with Crippen molar-refractivity contribution in [3.63, 3.8) is 0 Å². The van der Waals surface area contributed by atoms with Crippen LogP contribution in [0.3, 0.4) is 0 Å². The van der Waals surface area contributed by atoms with Gasteiger partial charge in [0.15, 0.2) is 0 Å². The van der Waals surface area contributed by atoms with Crippen LogP contribution in [0.5, 0.6) is 0 Å². The smallest absolute Gasteiger partial charge is 0.224 e. The van der Waals surface area contributed by atoms with Crippen LogP contribution in [0.1, 0.15) is 29.2 Å². The van der Waals surface area contributed by atoms with E-state index in [-0.39, 0.29) is 24.1 Å². The predicted octanol–water partition coefficient (Wildman–Crippen LogP) is 3.73. The van der Waals surface area contributed by atoms with Gasteiger partial charge in [0.25, 0.3) is 0 Å². The van der Waals surface area contributed by atoms with Gasteiger partial charge in [0.1, 0.15) is 12.1 Å². The number of nitrogens with one attached hydrogen (secondary N) is 2. The number of ether oxygens (including phenoxy) is 1. The zero-order valence-electron chi connectivity index (χ0n) is 21.5. The number of allylic oxidation sites excluding steroid dienone is 1. The molecule has 1 aliphatic heterocycles. The van der Waals surface area contributed by atoms with Crippen LogP contribution in [0.15, 0.2) is 60.3 Å². The summed E-state index contributed by atoms with van der Waals surface area (Å²) in [6.07, 6.45) is 1.80. The van der Waals surface area contributed by atoms with Gasteiger partial charge in [0.05, 0.1) is 24.9 Å². The molecule has 0 spiro atoms. The van der Waals surface area contributed by atoms with E-state index in [1.54, 1.807) is 19.2 Å². The lowest BCUT2D eigenvalue weighted by Crippen LogP contribution is -2.27. The van der Waals surface area contributed by atoms with Gasteiger partial charge in [-0.25, -0.2) is 4.39 Å². The summed E-state index contributed by atoms with van der Waals surface area (Å²) in [7, 11) is 3.49. The lowest BCUT2D eigenvalue weighted by molar-refractivity contribution is -0.120. The summed E-state index contributed by atoms with van der Waals surface area (Å²) in [6.45, 7) is 4.80. The fourth-order valence-corrected chi connectivity index (χ4v) is 4.08. The summed E-state index contributed by atoms with van der Waals surface area (Å²) >= 11 is 0. The molecule has 1 aromatic heterocycles. The minimum absolute atomic E-state index is 0.139. The molecule has 196 valence electrons. The first-order chi connectivity index (χ1) is 17.7. The van der Waals surface area contributed by atoms with Crippen LogP contribution in [0.2, 0.25) is 0 Å². The van der Waals surface area contributed by atoms with Gasteiger partial charge in [-0.1, -0.05) is 24.3 Å². The number of carbonyl (C=O) groups is 2. The third kappa shape index (κ3) is 7.34. The zero-order chi connectivity index (χ0) is 26.9. The number of carbonyl (C=O) groups excluding carboxylic acids is 2. The zero-order valence-corrected chi connectivity index (χ0v) is 21.5. The molecule has 0 saturated carbocycles. The molecule has 4 rings (SSSR count). The maximum Gasteiger partial charge on any atom is 0.224 e. The summed E-state index contributed by atoms with van der Waals surface area (Å²) in [5.41, 5.74) is 6.57. The lowest BCUT2D eigenvalue weighted by Gasteiger charge is -2.20. The Morgan fingerprint density at radius 3 is 2.62 bits per heavy atom. The van der Waals surface area contributed by atoms with Crippen LogP contribution in [-0.4, -0.2) is 53.9 Å². The van der Waals surface area contributed by atoms with Gasteiger partial charge in [-0.05, 0) is 49.2 Å². The van der Waals surface area contributed by atoms with E-state index in [0.717, 1.165) is 28.2 Å². The Hall–Kier alpha value is -3.82. The Labute approximate surface area is 216 Å². The first-order valence-electron chi connectivity index (χ1n) is 12.0. The van der Waals surface area contributed by atoms with Crippen molar-refractivity contribution in [3.8, 4) is 11.3 Å². The molecular formula is C28H33FN4O4. The number of aryl methyl sites for hydroxylation is 2. The molecule has 0 radical (unpaired) electrons. The Balaban J connectivity index is 0.000000213. The van der Waals surface area contributed by atoms with Crippen molar-refractivity contribution < 1.29 is 23.8 Å². The van der Waals surface area contributed by atoms with Gasteiger partial charge in [-0.2, -0.15) is 5.10 Å². The highest BCUT2D eigenvalue weighted by atomic mass is 19.1. The highest BCUT2D eigenvalue weighted by Crippen LogP contribution is 2.29. The van der Waals surface area contributed by atoms with Gasteiger partial charge in [-0.3, -0.25) is 14.3 Å². The number of aliphatic hydroxyl groups excluding tert-OH is 1. The Bertz CT molecular complexity index is 1250. The molecule has 2 unspecified atom stereocenters. The molecule has 1 amide bonds. The second kappa shape index (κ2) is 12.9. The number of rotatable bonds is 8. The molecule has 2 atom stereocenters. The molecule has 2 heterocycles. The fourth-order valence-electron chi connectivity index (χ4n) is 4.08. The van der Waals surface area contributed by atoms with E-state index in [1.807, 2.05) is 24.7 Å². The van der Waals surface area contributed by atoms with Crippen molar-refractivity contribution >= 4 is 17.9 Å². The highest BCUT2D eigenvalue weighted by Gasteiger charge is 2.23. The number of aldehydes is 1. The third-order valence-electron chi connectivity index (χ3n) is 6.13. The molecule has 3 N–H and O–H groups in total. The molecule has 37 heavy (non-hydrogen) atoms. The van der Waals surface area contributed by atoms with Crippen molar-refractivity contribution in [2.75, 3.05) is 26.1 Å². The number of anilines is 1. The van der Waals surface area contributed by atoms with Gasteiger partial charge in [0, 0.05) is 55.2 Å². The Morgan fingerprint density at radius 1 is 1.24 bits per heavy atom. The van der Waals surface area contributed by atoms with E-state index in [2.05, 4.69) is 40.9 Å². The van der Waals surface area contributed by atoms with Gasteiger partial charge in [-0.15, -0.1) is 0 Å². The normalized spacial score (nSPS) is 15.7. The number of halogens is 1. The Morgan fingerprint density at radius 2 is 1.97 bits per heavy atom. The van der Waals surface area contributed by atoms with Crippen LogP contribution in [0.4, 0.5) is 10.1 Å². The first-order valence-corrected chi connectivity index (χ1v) is 12.0. The molecule has 2 aromatic carbocycles. The van der Waals surface area contributed by atoms with Crippen molar-refractivity contribution in [1.29, 1.82) is 0 Å². The second-order valence-corrected chi connectivity index (χ2v) is 8.88. The van der Waals surface area contributed by atoms with Crippen LogP contribution in [-0.2, 0) is 20.9 Å². The van der Waals surface area contributed by atoms with Crippen LogP contribution in [0, 0.1) is 19.7 Å². The quantitative estimate of drug-likeness (QED) is 0.401. The van der Waals surface area contributed by atoms with Gasteiger partial charge < -0.3 is 20.5 Å². The largest absolute Gasteiger partial charge is 0.389 e. The first kappa shape index (κ1) is 27.8. The number of hydrogen-bond acceptors (Lipinski definition) is 6. The van der Waals surface area contributed by atoms with E-state index in [1.165, 1.54) is 23.9 Å². The number of benzene rings is 2. The van der Waals surface area contributed by atoms with Gasteiger partial charge in [0.2, 0.25) is 5.91 Å². The summed E-state index contributed by atoms with van der Waals surface area (Å²) < 4.78 is 19.5. The van der Waals surface area contributed by atoms with Crippen LogP contribution in [0.25, 0.3) is 11.3 Å². The molecule has 9 heteroatoms. The molecule has 0 bridgehead atoms. The number of aliphatic hydroxyl groups is 1. The Kier molecular flexibility index (Phi) is 9.71. The lowest BCUT2D eigenvalue weighted by atomic mass is 9.87. The molecule has 1 aliphatic rings. The highest BCUT2D eigenvalue weighted by molar-refractivity contribution is 5.86. The van der Waals surface area contributed by atoms with E-state index in [4.69, 9.17) is 4.74 Å². The summed E-state index contributed by atoms with van der Waals surface area (Å²) in [4.78, 5) is 22.1. The van der Waals surface area contributed by atoms with Crippen molar-refractivity contribution in [3.05, 3.63) is 82.9 Å². The third-order valence-corrected chi connectivity index (χ3v) is 6.13. The fraction of sp³-hybridized carbons (Fsp3) is 0.321. The minimum atomic E-state index is -0.549. The molecular weight excluding hydrogens is 475 g/mol. The van der Waals surface area contributed by atoms with Crippen molar-refractivity contribution in [2.24, 2.45) is 0 Å². The molecule has 3 aromatic rings. The van der Waals surface area contributed by atoms with Crippen LogP contribution >= 0.6 is 0 Å². The topological polar surface area (TPSA) is 105 Å². The number of aromatic nitrogens is 2. The van der Waals surface area contributed by atoms with Crippen LogP contribution < -0.4 is 10.6 Å². The molecule has 8 nitrogen and oxygen atoms in total. The van der Waals surface area contributed by atoms with Crippen molar-refractivity contribution in [2.45, 2.75) is 38.8 Å². The molecule has 0 aliphatic carbocycles. The summed E-state index contributed by atoms with van der Waals surface area (Å²) in [5.74, 6) is -0.743. The number of amides is 1. The summed E-state index contributed by atoms with van der Waals surface area (Å²) in [6, 6.07) is 14.1. The molecule has 0 saturated heterocycles. The van der Waals surface area contributed by atoms with Gasteiger partial charge >= 0.3 is 0 Å². The maximum absolute atomic E-state index is 12.7. The minimum Gasteiger partial charge on any atom is -0.389 e. The van der Waals surface area contributed by atoms with E-state index < -0.39 is 6.10 Å². The summed E-state index contributed by atoms with van der Waals surface area (Å²) in [5, 5.41) is 20.1. The predicted molar refractivity (Wildman–Crippen MR) is 141 cm³/mol. The van der Waals surface area contributed by atoms with Crippen molar-refractivity contribution in [1.82, 2.24) is 15.1 Å². The maximum atomic E-state index is 12.7. The van der Waals surface area contributed by atoms with E-state index in [9.17, 15) is 19.1 Å². The average molecular weight is 509 g/mol.